The van der Waals surface area contributed by atoms with E-state index in [1.165, 1.54) is 0 Å². The van der Waals surface area contributed by atoms with Crippen molar-refractivity contribution < 1.29 is 5.11 Å². The zero-order chi connectivity index (χ0) is 10.9. The Morgan fingerprint density at radius 3 is 2.21 bits per heavy atom. The van der Waals surface area contributed by atoms with Crippen LogP contribution in [0.25, 0.3) is 0 Å². The van der Waals surface area contributed by atoms with Gasteiger partial charge in [0.1, 0.15) is 5.75 Å². The molecule has 1 rings (SSSR count). The molecule has 0 bridgehead atoms. The lowest BCUT2D eigenvalue weighted by Gasteiger charge is -2.22. The first kappa shape index (κ1) is 11.1. The zero-order valence-electron chi connectivity index (χ0n) is 9.68. The number of hydrogen-bond donors (Lipinski definition) is 1. The van der Waals surface area contributed by atoms with Crippen LogP contribution in [0.1, 0.15) is 51.7 Å². The van der Waals surface area contributed by atoms with Gasteiger partial charge in [-0.2, -0.15) is 0 Å². The lowest BCUT2D eigenvalue weighted by atomic mass is 9.84. The molecule has 0 atom stereocenters. The molecule has 0 saturated carbocycles. The van der Waals surface area contributed by atoms with Crippen LogP contribution in [0.2, 0.25) is 0 Å². The molecule has 0 amide bonds. The predicted molar refractivity (Wildman–Crippen MR) is 59.7 cm³/mol. The molecule has 0 unspecified atom stereocenters. The standard InChI is InChI=1S/C13H19O/c1-9(2)10-7-6-8-11(12(10)14)13(3,4)5/h7-9,14H,1-5H3. The number of hydrogen-bond acceptors (Lipinski definition) is 1. The van der Waals surface area contributed by atoms with E-state index in [0.717, 1.165) is 11.1 Å². The Balaban J connectivity index is 3.28. The molecule has 0 heterocycles. The molecule has 1 N–H and O–H groups in total. The summed E-state index contributed by atoms with van der Waals surface area (Å²) < 4.78 is 0. The van der Waals surface area contributed by atoms with E-state index >= 15 is 0 Å². The fourth-order valence-corrected chi connectivity index (χ4v) is 1.52. The second-order valence-electron chi connectivity index (χ2n) is 5.08. The van der Waals surface area contributed by atoms with Gasteiger partial charge in [-0.1, -0.05) is 34.6 Å². The van der Waals surface area contributed by atoms with E-state index in [1.807, 2.05) is 12.1 Å². The van der Waals surface area contributed by atoms with Crippen LogP contribution in [0.4, 0.5) is 0 Å². The molecule has 0 saturated heterocycles. The largest absolute Gasteiger partial charge is 0.507 e. The summed E-state index contributed by atoms with van der Waals surface area (Å²) in [4.78, 5) is 0. The van der Waals surface area contributed by atoms with Gasteiger partial charge in [0.2, 0.25) is 0 Å². The van der Waals surface area contributed by atoms with E-state index in [-0.39, 0.29) is 5.41 Å². The second kappa shape index (κ2) is 3.64. The first-order valence-electron chi connectivity index (χ1n) is 5.07. The fraction of sp³-hybridized carbons (Fsp3) is 0.538. The topological polar surface area (TPSA) is 20.2 Å². The lowest BCUT2D eigenvalue weighted by molar-refractivity contribution is 0.437. The van der Waals surface area contributed by atoms with Gasteiger partial charge in [0.15, 0.2) is 0 Å². The van der Waals surface area contributed by atoms with Gasteiger partial charge in [-0.05, 0) is 35.1 Å². The summed E-state index contributed by atoms with van der Waals surface area (Å²) in [5.41, 5.74) is 1.94. The van der Waals surface area contributed by atoms with E-state index in [1.54, 1.807) is 0 Å². The average Bonchev–Trinajstić information content (AvgIpc) is 2.01. The summed E-state index contributed by atoms with van der Waals surface area (Å²) in [6.45, 7) is 10.4. The highest BCUT2D eigenvalue weighted by molar-refractivity contribution is 5.44. The van der Waals surface area contributed by atoms with Crippen LogP contribution in [-0.2, 0) is 5.41 Å². The molecule has 0 spiro atoms. The minimum atomic E-state index is -0.0223. The van der Waals surface area contributed by atoms with Crippen molar-refractivity contribution in [2.24, 2.45) is 0 Å². The summed E-state index contributed by atoms with van der Waals surface area (Å²) >= 11 is 0. The smallest absolute Gasteiger partial charge is 0.122 e. The van der Waals surface area contributed by atoms with Gasteiger partial charge >= 0.3 is 0 Å². The van der Waals surface area contributed by atoms with Gasteiger partial charge in [-0.15, -0.1) is 0 Å². The predicted octanol–water partition coefficient (Wildman–Crippen LogP) is 3.61. The van der Waals surface area contributed by atoms with Crippen molar-refractivity contribution in [1.82, 2.24) is 0 Å². The van der Waals surface area contributed by atoms with E-state index in [0.29, 0.717) is 11.7 Å². The van der Waals surface area contributed by atoms with Crippen LogP contribution in [0.5, 0.6) is 5.75 Å². The molecule has 14 heavy (non-hydrogen) atoms. The maximum Gasteiger partial charge on any atom is 0.122 e. The van der Waals surface area contributed by atoms with Crippen LogP contribution < -0.4 is 0 Å². The van der Waals surface area contributed by atoms with Crippen molar-refractivity contribution in [1.29, 1.82) is 0 Å². The first-order valence-corrected chi connectivity index (χ1v) is 5.07. The number of aromatic hydroxyl groups is 1. The monoisotopic (exact) mass is 191 g/mol. The van der Waals surface area contributed by atoms with Gasteiger partial charge in [0.05, 0.1) is 0 Å². The maximum absolute atomic E-state index is 10.1. The van der Waals surface area contributed by atoms with Crippen LogP contribution in [0.15, 0.2) is 12.1 Å². The van der Waals surface area contributed by atoms with Crippen LogP contribution >= 0.6 is 0 Å². The third kappa shape index (κ3) is 2.09. The Morgan fingerprint density at radius 2 is 1.79 bits per heavy atom. The molecule has 1 heteroatoms. The molecule has 1 aromatic carbocycles. The van der Waals surface area contributed by atoms with Crippen molar-refractivity contribution in [2.45, 2.75) is 46.0 Å². The molecule has 1 radical (unpaired) electrons. The number of phenols is 1. The average molecular weight is 191 g/mol. The maximum atomic E-state index is 10.1. The van der Waals surface area contributed by atoms with Crippen LogP contribution in [0, 0.1) is 6.07 Å². The molecule has 1 nitrogen and oxygen atoms in total. The minimum Gasteiger partial charge on any atom is -0.507 e. The molecule has 0 aromatic heterocycles. The molecule has 1 aromatic rings. The van der Waals surface area contributed by atoms with E-state index in [2.05, 4.69) is 40.7 Å². The van der Waals surface area contributed by atoms with E-state index < -0.39 is 0 Å². The summed E-state index contributed by atoms with van der Waals surface area (Å²) in [5.74, 6) is 0.778. The van der Waals surface area contributed by atoms with Crippen molar-refractivity contribution in [2.75, 3.05) is 0 Å². The quantitative estimate of drug-likeness (QED) is 0.719. The molecule has 0 aliphatic carbocycles. The van der Waals surface area contributed by atoms with Crippen LogP contribution in [-0.4, -0.2) is 5.11 Å². The van der Waals surface area contributed by atoms with Crippen LogP contribution in [0.3, 0.4) is 0 Å². The van der Waals surface area contributed by atoms with Crippen molar-refractivity contribution in [3.63, 3.8) is 0 Å². The second-order valence-corrected chi connectivity index (χ2v) is 5.08. The molecule has 77 valence electrons. The number of benzene rings is 1. The fourth-order valence-electron chi connectivity index (χ4n) is 1.52. The zero-order valence-corrected chi connectivity index (χ0v) is 9.68. The summed E-state index contributed by atoms with van der Waals surface area (Å²) in [7, 11) is 0. The Hall–Kier alpha value is -0.980. The molecule has 0 aliphatic rings. The Kier molecular flexibility index (Phi) is 2.89. The third-order valence-electron chi connectivity index (χ3n) is 2.43. The van der Waals surface area contributed by atoms with E-state index in [4.69, 9.17) is 0 Å². The highest BCUT2D eigenvalue weighted by Gasteiger charge is 2.20. The lowest BCUT2D eigenvalue weighted by Crippen LogP contribution is -2.12. The van der Waals surface area contributed by atoms with Gasteiger partial charge in [-0.3, -0.25) is 0 Å². The Morgan fingerprint density at radius 1 is 1.21 bits per heavy atom. The first-order chi connectivity index (χ1) is 6.34. The third-order valence-corrected chi connectivity index (χ3v) is 2.43. The summed E-state index contributed by atoms with van der Waals surface area (Å²) in [6.07, 6.45) is 0. The Labute approximate surface area is 86.8 Å². The summed E-state index contributed by atoms with van der Waals surface area (Å²) in [6, 6.07) is 6.84. The van der Waals surface area contributed by atoms with Crippen molar-refractivity contribution in [3.8, 4) is 5.75 Å². The normalized spacial score (nSPS) is 12.1. The highest BCUT2D eigenvalue weighted by atomic mass is 16.3. The van der Waals surface area contributed by atoms with Crippen molar-refractivity contribution in [3.05, 3.63) is 29.3 Å². The SMILES string of the molecule is CC(C)c1c[c]cc(C(C)(C)C)c1O. The minimum absolute atomic E-state index is 0.0223. The van der Waals surface area contributed by atoms with Gasteiger partial charge in [-0.25, -0.2) is 0 Å². The number of phenolic OH excluding ortho intramolecular Hbond substituents is 1. The van der Waals surface area contributed by atoms with Crippen molar-refractivity contribution >= 4 is 0 Å². The number of rotatable bonds is 1. The molecule has 0 fully saturated rings. The van der Waals surface area contributed by atoms with Gasteiger partial charge < -0.3 is 5.11 Å². The van der Waals surface area contributed by atoms with E-state index in [9.17, 15) is 5.11 Å². The molecular formula is C13H19O. The highest BCUT2D eigenvalue weighted by Crippen LogP contribution is 2.35. The van der Waals surface area contributed by atoms with Gasteiger partial charge in [0, 0.05) is 5.56 Å². The van der Waals surface area contributed by atoms with Gasteiger partial charge in [0.25, 0.3) is 0 Å². The Bertz CT molecular complexity index is 318. The summed E-state index contributed by atoms with van der Waals surface area (Å²) in [5, 5.41) is 10.1. The molecule has 0 aliphatic heterocycles. The molecular weight excluding hydrogens is 172 g/mol.